The molecular weight excluding hydrogens is 284 g/mol. The highest BCUT2D eigenvalue weighted by molar-refractivity contribution is 9.10. The van der Waals surface area contributed by atoms with Crippen molar-refractivity contribution in [1.82, 2.24) is 10.2 Å². The summed E-state index contributed by atoms with van der Waals surface area (Å²) >= 11 is 3.29. The highest BCUT2D eigenvalue weighted by atomic mass is 79.9. The SMILES string of the molecule is CC(C)C(=O)NC1CCN(C(=O)C(C)Br)CC1. The van der Waals surface area contributed by atoms with E-state index in [2.05, 4.69) is 21.2 Å². The molecule has 1 atom stereocenters. The summed E-state index contributed by atoms with van der Waals surface area (Å²) in [6, 6.07) is 0.222. The van der Waals surface area contributed by atoms with Crippen LogP contribution in [0.4, 0.5) is 0 Å². The second kappa shape index (κ2) is 6.38. The van der Waals surface area contributed by atoms with Gasteiger partial charge in [0.1, 0.15) is 0 Å². The number of nitrogens with one attached hydrogen (secondary N) is 1. The maximum Gasteiger partial charge on any atom is 0.236 e. The molecule has 0 aromatic heterocycles. The summed E-state index contributed by atoms with van der Waals surface area (Å²) in [6.45, 7) is 7.09. The van der Waals surface area contributed by atoms with E-state index in [9.17, 15) is 9.59 Å². The second-order valence-corrected chi connectivity index (χ2v) is 6.25. The van der Waals surface area contributed by atoms with Crippen molar-refractivity contribution in [1.29, 1.82) is 0 Å². The van der Waals surface area contributed by atoms with Crippen LogP contribution in [-0.4, -0.2) is 40.7 Å². The minimum Gasteiger partial charge on any atom is -0.353 e. The van der Waals surface area contributed by atoms with Gasteiger partial charge in [-0.25, -0.2) is 0 Å². The fraction of sp³-hybridized carbons (Fsp3) is 0.833. The summed E-state index contributed by atoms with van der Waals surface area (Å²) in [5, 5.41) is 3.02. The lowest BCUT2D eigenvalue weighted by molar-refractivity contribution is -0.131. The molecule has 0 aliphatic carbocycles. The first-order chi connectivity index (χ1) is 7.91. The number of hydrogen-bond donors (Lipinski definition) is 1. The van der Waals surface area contributed by atoms with E-state index < -0.39 is 0 Å². The summed E-state index contributed by atoms with van der Waals surface area (Å²) in [4.78, 5) is 25.0. The van der Waals surface area contributed by atoms with Crippen LogP contribution in [0.5, 0.6) is 0 Å². The van der Waals surface area contributed by atoms with Crippen LogP contribution in [0, 0.1) is 5.92 Å². The normalized spacial score (nSPS) is 19.2. The Morgan fingerprint density at radius 2 is 1.76 bits per heavy atom. The van der Waals surface area contributed by atoms with Gasteiger partial charge in [-0.2, -0.15) is 0 Å². The van der Waals surface area contributed by atoms with Crippen molar-refractivity contribution in [2.24, 2.45) is 5.92 Å². The van der Waals surface area contributed by atoms with Gasteiger partial charge in [-0.05, 0) is 19.8 Å². The molecule has 1 N–H and O–H groups in total. The van der Waals surface area contributed by atoms with Crippen LogP contribution in [0.2, 0.25) is 0 Å². The number of nitrogens with zero attached hydrogens (tertiary/aromatic N) is 1. The Balaban J connectivity index is 2.36. The summed E-state index contributed by atoms with van der Waals surface area (Å²) < 4.78 is 0. The Bertz CT molecular complexity index is 284. The summed E-state index contributed by atoms with van der Waals surface area (Å²) in [5.74, 6) is 0.263. The van der Waals surface area contributed by atoms with Crippen LogP contribution in [0.3, 0.4) is 0 Å². The van der Waals surface area contributed by atoms with Crippen LogP contribution in [-0.2, 0) is 9.59 Å². The topological polar surface area (TPSA) is 49.4 Å². The van der Waals surface area contributed by atoms with Crippen LogP contribution in [0.15, 0.2) is 0 Å². The van der Waals surface area contributed by atoms with Gasteiger partial charge >= 0.3 is 0 Å². The number of likely N-dealkylation sites (tertiary alicyclic amines) is 1. The largest absolute Gasteiger partial charge is 0.353 e. The van der Waals surface area contributed by atoms with Crippen molar-refractivity contribution in [2.75, 3.05) is 13.1 Å². The molecule has 1 rings (SSSR count). The zero-order valence-electron chi connectivity index (χ0n) is 10.7. The predicted molar refractivity (Wildman–Crippen MR) is 71.0 cm³/mol. The standard InChI is InChI=1S/C12H21BrN2O2/c1-8(2)11(16)14-10-4-6-15(7-5-10)12(17)9(3)13/h8-10H,4-7H2,1-3H3,(H,14,16). The van der Waals surface area contributed by atoms with E-state index in [-0.39, 0.29) is 28.6 Å². The van der Waals surface area contributed by atoms with Crippen molar-refractivity contribution in [3.63, 3.8) is 0 Å². The first-order valence-corrected chi connectivity index (χ1v) is 7.06. The third kappa shape index (κ3) is 4.30. The van der Waals surface area contributed by atoms with E-state index >= 15 is 0 Å². The van der Waals surface area contributed by atoms with Gasteiger partial charge in [0, 0.05) is 25.0 Å². The molecule has 5 heteroatoms. The number of rotatable bonds is 3. The van der Waals surface area contributed by atoms with Gasteiger partial charge in [-0.1, -0.05) is 29.8 Å². The molecule has 0 saturated carbocycles. The van der Waals surface area contributed by atoms with Crippen molar-refractivity contribution in [3.8, 4) is 0 Å². The van der Waals surface area contributed by atoms with Crippen LogP contribution < -0.4 is 5.32 Å². The van der Waals surface area contributed by atoms with E-state index in [0.29, 0.717) is 0 Å². The molecule has 0 radical (unpaired) electrons. The molecule has 0 aromatic carbocycles. The summed E-state index contributed by atoms with van der Waals surface area (Å²) in [5.41, 5.74) is 0. The fourth-order valence-corrected chi connectivity index (χ4v) is 2.15. The Morgan fingerprint density at radius 3 is 2.18 bits per heavy atom. The van der Waals surface area contributed by atoms with Gasteiger partial charge in [0.15, 0.2) is 0 Å². The average molecular weight is 305 g/mol. The number of piperidine rings is 1. The van der Waals surface area contributed by atoms with E-state index in [1.807, 2.05) is 25.7 Å². The summed E-state index contributed by atoms with van der Waals surface area (Å²) in [7, 11) is 0. The number of halogens is 1. The highest BCUT2D eigenvalue weighted by Gasteiger charge is 2.25. The lowest BCUT2D eigenvalue weighted by Gasteiger charge is -2.33. The molecule has 17 heavy (non-hydrogen) atoms. The quantitative estimate of drug-likeness (QED) is 0.804. The third-order valence-corrected chi connectivity index (χ3v) is 3.41. The number of carbonyl (C=O) groups excluding carboxylic acids is 2. The smallest absolute Gasteiger partial charge is 0.236 e. The molecule has 4 nitrogen and oxygen atoms in total. The Kier molecular flexibility index (Phi) is 5.43. The minimum absolute atomic E-state index is 0.0252. The average Bonchev–Trinajstić information content (AvgIpc) is 2.28. The fourth-order valence-electron chi connectivity index (χ4n) is 1.86. The van der Waals surface area contributed by atoms with Crippen molar-refractivity contribution in [3.05, 3.63) is 0 Å². The van der Waals surface area contributed by atoms with Crippen molar-refractivity contribution in [2.45, 2.75) is 44.5 Å². The first kappa shape index (κ1) is 14.5. The van der Waals surface area contributed by atoms with Gasteiger partial charge in [0.25, 0.3) is 0 Å². The Hall–Kier alpha value is -0.580. The molecule has 0 bridgehead atoms. The van der Waals surface area contributed by atoms with Gasteiger partial charge < -0.3 is 10.2 Å². The molecule has 1 aliphatic rings. The van der Waals surface area contributed by atoms with Crippen LogP contribution in [0.1, 0.15) is 33.6 Å². The van der Waals surface area contributed by atoms with E-state index in [0.717, 1.165) is 25.9 Å². The molecule has 0 aromatic rings. The molecule has 98 valence electrons. The number of amides is 2. The molecule has 1 aliphatic heterocycles. The van der Waals surface area contributed by atoms with Gasteiger partial charge in [-0.15, -0.1) is 0 Å². The highest BCUT2D eigenvalue weighted by Crippen LogP contribution is 2.14. The molecule has 0 spiro atoms. The van der Waals surface area contributed by atoms with E-state index in [1.165, 1.54) is 0 Å². The number of carbonyl (C=O) groups is 2. The van der Waals surface area contributed by atoms with Gasteiger partial charge in [0.2, 0.25) is 11.8 Å². The van der Waals surface area contributed by atoms with Gasteiger partial charge in [-0.3, -0.25) is 9.59 Å². The lowest BCUT2D eigenvalue weighted by Crippen LogP contribution is -2.48. The monoisotopic (exact) mass is 304 g/mol. The second-order valence-electron chi connectivity index (χ2n) is 4.88. The van der Waals surface area contributed by atoms with E-state index in [4.69, 9.17) is 0 Å². The van der Waals surface area contributed by atoms with Crippen LogP contribution in [0.25, 0.3) is 0 Å². The maximum absolute atomic E-state index is 11.7. The molecule has 2 amide bonds. The lowest BCUT2D eigenvalue weighted by atomic mass is 10.0. The van der Waals surface area contributed by atoms with Crippen molar-refractivity contribution >= 4 is 27.7 Å². The van der Waals surface area contributed by atoms with Crippen LogP contribution >= 0.6 is 15.9 Å². The number of alkyl halides is 1. The van der Waals surface area contributed by atoms with Crippen molar-refractivity contribution < 1.29 is 9.59 Å². The zero-order valence-corrected chi connectivity index (χ0v) is 12.3. The maximum atomic E-state index is 11.7. The molecule has 1 heterocycles. The molecule has 1 fully saturated rings. The minimum atomic E-state index is -0.121. The Morgan fingerprint density at radius 1 is 1.24 bits per heavy atom. The zero-order chi connectivity index (χ0) is 13.0. The first-order valence-electron chi connectivity index (χ1n) is 6.15. The predicted octanol–water partition coefficient (Wildman–Crippen LogP) is 1.53. The molecule has 1 saturated heterocycles. The third-order valence-electron chi connectivity index (χ3n) is 3.02. The summed E-state index contributed by atoms with van der Waals surface area (Å²) in [6.07, 6.45) is 1.70. The molecular formula is C12H21BrN2O2. The molecule has 1 unspecified atom stereocenters. The van der Waals surface area contributed by atoms with Gasteiger partial charge in [0.05, 0.1) is 4.83 Å². The Labute approximate surface area is 111 Å². The number of hydrogen-bond acceptors (Lipinski definition) is 2. The van der Waals surface area contributed by atoms with E-state index in [1.54, 1.807) is 0 Å².